The minimum absolute atomic E-state index is 0.218. The van der Waals surface area contributed by atoms with E-state index < -0.39 is 0 Å². The van der Waals surface area contributed by atoms with E-state index in [1.54, 1.807) is 0 Å². The van der Waals surface area contributed by atoms with Crippen molar-refractivity contribution in [3.8, 4) is 0 Å². The smallest absolute Gasteiger partial charge is 0.221 e. The van der Waals surface area contributed by atoms with E-state index in [0.29, 0.717) is 18.5 Å². The van der Waals surface area contributed by atoms with Crippen LogP contribution in [0.25, 0.3) is 0 Å². The second-order valence-corrected chi connectivity index (χ2v) is 7.31. The monoisotopic (exact) mass is 320 g/mol. The number of nitrogens with one attached hydrogen (secondary N) is 1. The maximum Gasteiger partial charge on any atom is 0.221 e. The third-order valence-electron chi connectivity index (χ3n) is 4.40. The van der Waals surface area contributed by atoms with Crippen molar-refractivity contribution in [1.82, 2.24) is 10.2 Å². The second-order valence-electron chi connectivity index (χ2n) is 5.91. The van der Waals surface area contributed by atoms with Crippen LogP contribution < -0.4 is 5.32 Å². The lowest BCUT2D eigenvalue weighted by Gasteiger charge is -2.36. The molecule has 1 N–H and O–H groups in total. The maximum absolute atomic E-state index is 11.9. The minimum atomic E-state index is 0.218. The predicted molar refractivity (Wildman–Crippen MR) is 95.2 cm³/mol. The first-order chi connectivity index (χ1) is 10.7. The number of thioether (sulfide) groups is 1. The topological polar surface area (TPSA) is 32.3 Å². The van der Waals surface area contributed by atoms with Crippen molar-refractivity contribution in [1.29, 1.82) is 0 Å². The summed E-state index contributed by atoms with van der Waals surface area (Å²) in [6, 6.07) is 11.5. The minimum Gasteiger partial charge on any atom is -0.353 e. The number of amides is 1. The standard InChI is InChI=1S/C18H28N2OS/c1-3-22-14-11-18(21)19-17-9-12-20(13-10-17)15(2)16-7-5-4-6-8-16/h4-8,15,17H,3,9-14H2,1-2H3,(H,19,21)/t15-/m0/s1. The SMILES string of the molecule is CCSCCC(=O)NC1CCN([C@@H](C)c2ccccc2)CC1. The van der Waals surface area contributed by atoms with E-state index in [1.165, 1.54) is 5.56 Å². The number of piperidine rings is 1. The van der Waals surface area contributed by atoms with Crippen molar-refractivity contribution in [2.75, 3.05) is 24.6 Å². The first kappa shape index (κ1) is 17.4. The summed E-state index contributed by atoms with van der Waals surface area (Å²) in [6.45, 7) is 6.53. The molecular formula is C18H28N2OS. The predicted octanol–water partition coefficient (Wildman–Crippen LogP) is 3.47. The molecule has 0 aliphatic carbocycles. The zero-order valence-corrected chi connectivity index (χ0v) is 14.6. The van der Waals surface area contributed by atoms with Gasteiger partial charge in [-0.25, -0.2) is 0 Å². The van der Waals surface area contributed by atoms with Gasteiger partial charge < -0.3 is 5.32 Å². The molecule has 1 aromatic rings. The summed E-state index contributed by atoms with van der Waals surface area (Å²) in [5.74, 6) is 2.24. The summed E-state index contributed by atoms with van der Waals surface area (Å²) in [4.78, 5) is 14.4. The van der Waals surface area contributed by atoms with E-state index in [4.69, 9.17) is 0 Å². The molecule has 1 aliphatic rings. The lowest BCUT2D eigenvalue weighted by molar-refractivity contribution is -0.121. The average Bonchev–Trinajstić information content (AvgIpc) is 2.56. The van der Waals surface area contributed by atoms with E-state index >= 15 is 0 Å². The lowest BCUT2D eigenvalue weighted by atomic mass is 10.00. The number of carbonyl (C=O) groups is 1. The van der Waals surface area contributed by atoms with Gasteiger partial charge in [0.15, 0.2) is 0 Å². The molecule has 1 aliphatic heterocycles. The molecule has 4 heteroatoms. The quantitative estimate of drug-likeness (QED) is 0.781. The van der Waals surface area contributed by atoms with E-state index in [9.17, 15) is 4.79 Å². The zero-order valence-electron chi connectivity index (χ0n) is 13.8. The Morgan fingerprint density at radius 3 is 2.64 bits per heavy atom. The molecule has 0 bridgehead atoms. The van der Waals surface area contributed by atoms with Crippen LogP contribution in [0.2, 0.25) is 0 Å². The van der Waals surface area contributed by atoms with Crippen LogP contribution in [0.15, 0.2) is 30.3 Å². The van der Waals surface area contributed by atoms with Crippen molar-refractivity contribution < 1.29 is 4.79 Å². The summed E-state index contributed by atoms with van der Waals surface area (Å²) in [7, 11) is 0. The third-order valence-corrected chi connectivity index (χ3v) is 5.30. The van der Waals surface area contributed by atoms with Crippen LogP contribution in [0.1, 0.15) is 44.7 Å². The Hall–Kier alpha value is -1.00. The highest BCUT2D eigenvalue weighted by molar-refractivity contribution is 7.99. The van der Waals surface area contributed by atoms with E-state index in [0.717, 1.165) is 37.4 Å². The van der Waals surface area contributed by atoms with E-state index in [2.05, 4.69) is 54.4 Å². The number of rotatable bonds is 7. The van der Waals surface area contributed by atoms with Crippen molar-refractivity contribution >= 4 is 17.7 Å². The number of nitrogens with zero attached hydrogens (tertiary/aromatic N) is 1. The molecule has 3 nitrogen and oxygen atoms in total. The van der Waals surface area contributed by atoms with Crippen LogP contribution in [0.4, 0.5) is 0 Å². The summed E-state index contributed by atoms with van der Waals surface area (Å²) in [5, 5.41) is 3.20. The Morgan fingerprint density at radius 1 is 1.32 bits per heavy atom. The van der Waals surface area contributed by atoms with Crippen LogP contribution >= 0.6 is 11.8 Å². The molecule has 0 radical (unpaired) electrons. The van der Waals surface area contributed by atoms with Gasteiger partial charge in [-0.2, -0.15) is 11.8 Å². The van der Waals surface area contributed by atoms with Crippen LogP contribution in [0.3, 0.4) is 0 Å². The Bertz CT molecular complexity index is 444. The first-order valence-electron chi connectivity index (χ1n) is 8.36. The summed E-state index contributed by atoms with van der Waals surface area (Å²) in [6.07, 6.45) is 2.77. The van der Waals surface area contributed by atoms with Crippen LogP contribution in [0, 0.1) is 0 Å². The summed E-state index contributed by atoms with van der Waals surface area (Å²) >= 11 is 1.83. The molecule has 1 fully saturated rings. The summed E-state index contributed by atoms with van der Waals surface area (Å²) < 4.78 is 0. The number of hydrogen-bond acceptors (Lipinski definition) is 3. The van der Waals surface area contributed by atoms with Crippen LogP contribution in [-0.2, 0) is 4.79 Å². The molecule has 1 heterocycles. The molecule has 2 rings (SSSR count). The zero-order chi connectivity index (χ0) is 15.8. The van der Waals surface area contributed by atoms with E-state index in [-0.39, 0.29) is 5.91 Å². The van der Waals surface area contributed by atoms with Crippen molar-refractivity contribution in [2.24, 2.45) is 0 Å². The highest BCUT2D eigenvalue weighted by Crippen LogP contribution is 2.24. The van der Waals surface area contributed by atoms with Gasteiger partial charge >= 0.3 is 0 Å². The highest BCUT2D eigenvalue weighted by Gasteiger charge is 2.24. The van der Waals surface area contributed by atoms with Crippen molar-refractivity contribution in [2.45, 2.75) is 45.2 Å². The fraction of sp³-hybridized carbons (Fsp3) is 0.611. The van der Waals surface area contributed by atoms with Crippen molar-refractivity contribution in [3.05, 3.63) is 35.9 Å². The Balaban J connectivity index is 1.72. The lowest BCUT2D eigenvalue weighted by Crippen LogP contribution is -2.45. The molecule has 1 aromatic carbocycles. The molecule has 0 aromatic heterocycles. The molecule has 0 spiro atoms. The van der Waals surface area contributed by atoms with Gasteiger partial charge in [0.2, 0.25) is 5.91 Å². The Labute approximate surface area is 138 Å². The van der Waals surface area contributed by atoms with E-state index in [1.807, 2.05) is 11.8 Å². The molecule has 122 valence electrons. The highest BCUT2D eigenvalue weighted by atomic mass is 32.2. The normalized spacial score (nSPS) is 18.1. The molecule has 1 atom stereocenters. The van der Waals surface area contributed by atoms with Crippen molar-refractivity contribution in [3.63, 3.8) is 0 Å². The largest absolute Gasteiger partial charge is 0.353 e. The van der Waals surface area contributed by atoms with Gasteiger partial charge in [-0.1, -0.05) is 37.3 Å². The molecule has 0 unspecified atom stereocenters. The van der Waals surface area contributed by atoms with Gasteiger partial charge in [-0.15, -0.1) is 0 Å². The molecule has 0 saturated carbocycles. The molecule has 22 heavy (non-hydrogen) atoms. The van der Waals surface area contributed by atoms with Gasteiger partial charge in [0.1, 0.15) is 0 Å². The maximum atomic E-state index is 11.9. The third kappa shape index (κ3) is 5.33. The van der Waals surface area contributed by atoms with Crippen LogP contribution in [0.5, 0.6) is 0 Å². The second kappa shape index (κ2) is 9.21. The number of hydrogen-bond donors (Lipinski definition) is 1. The first-order valence-corrected chi connectivity index (χ1v) is 9.52. The van der Waals surface area contributed by atoms with Gasteiger partial charge in [-0.05, 0) is 31.1 Å². The van der Waals surface area contributed by atoms with Gasteiger partial charge in [-0.3, -0.25) is 9.69 Å². The van der Waals surface area contributed by atoms with Gasteiger partial charge in [0.25, 0.3) is 0 Å². The Kier molecular flexibility index (Phi) is 7.26. The number of carbonyl (C=O) groups excluding carboxylic acids is 1. The number of benzene rings is 1. The number of likely N-dealkylation sites (tertiary alicyclic amines) is 1. The average molecular weight is 321 g/mol. The molecular weight excluding hydrogens is 292 g/mol. The molecule has 1 amide bonds. The van der Waals surface area contributed by atoms with Gasteiger partial charge in [0, 0.05) is 37.3 Å². The molecule has 1 saturated heterocycles. The fourth-order valence-corrected chi connectivity index (χ4v) is 3.60. The van der Waals surface area contributed by atoms with Crippen LogP contribution in [-0.4, -0.2) is 41.4 Å². The Morgan fingerprint density at radius 2 is 2.00 bits per heavy atom. The summed E-state index contributed by atoms with van der Waals surface area (Å²) in [5.41, 5.74) is 1.38. The van der Waals surface area contributed by atoms with Gasteiger partial charge in [0.05, 0.1) is 0 Å². The fourth-order valence-electron chi connectivity index (χ4n) is 2.98.